The van der Waals surface area contributed by atoms with Gasteiger partial charge in [0.2, 0.25) is 0 Å². The lowest BCUT2D eigenvalue weighted by Crippen LogP contribution is -2.41. The Hall–Kier alpha value is -0.860. The molecule has 0 bridgehead atoms. The molecule has 0 saturated heterocycles. The minimum Gasteiger partial charge on any atom is -0.309 e. The lowest BCUT2D eigenvalue weighted by molar-refractivity contribution is 0.195. The predicted molar refractivity (Wildman–Crippen MR) is 87.0 cm³/mol. The van der Waals surface area contributed by atoms with E-state index in [0.29, 0.717) is 6.04 Å². The minimum absolute atomic E-state index is 0.498. The van der Waals surface area contributed by atoms with Crippen molar-refractivity contribution in [1.82, 2.24) is 10.2 Å². The van der Waals surface area contributed by atoms with Crippen molar-refractivity contribution in [2.45, 2.75) is 40.2 Å². The molecule has 0 saturated carbocycles. The van der Waals surface area contributed by atoms with Gasteiger partial charge in [0.1, 0.15) is 0 Å². The molecule has 20 heavy (non-hydrogen) atoms. The van der Waals surface area contributed by atoms with Crippen molar-refractivity contribution in [3.8, 4) is 0 Å². The van der Waals surface area contributed by atoms with Crippen LogP contribution in [-0.4, -0.2) is 31.1 Å². The third-order valence-electron chi connectivity index (χ3n) is 3.90. The summed E-state index contributed by atoms with van der Waals surface area (Å²) in [7, 11) is 0. The summed E-state index contributed by atoms with van der Waals surface area (Å²) in [6, 6.07) is 9.43. The van der Waals surface area contributed by atoms with E-state index in [4.69, 9.17) is 0 Å². The summed E-state index contributed by atoms with van der Waals surface area (Å²) in [5.41, 5.74) is 3.04. The van der Waals surface area contributed by atoms with Gasteiger partial charge in [0.15, 0.2) is 0 Å². The van der Waals surface area contributed by atoms with Crippen LogP contribution in [0.15, 0.2) is 24.3 Å². The number of fused-ring (bicyclic) bond motifs is 1. The monoisotopic (exact) mass is 274 g/mol. The number of hydrogen-bond acceptors (Lipinski definition) is 2. The molecule has 2 heteroatoms. The van der Waals surface area contributed by atoms with E-state index in [-0.39, 0.29) is 0 Å². The van der Waals surface area contributed by atoms with Crippen LogP contribution in [0, 0.1) is 11.8 Å². The largest absolute Gasteiger partial charge is 0.309 e. The second kappa shape index (κ2) is 7.24. The smallest absolute Gasteiger partial charge is 0.0452 e. The molecule has 0 aromatic heterocycles. The van der Waals surface area contributed by atoms with Crippen LogP contribution in [-0.2, 0) is 6.42 Å². The Bertz CT molecular complexity index is 402. The van der Waals surface area contributed by atoms with Gasteiger partial charge in [-0.3, -0.25) is 0 Å². The molecule has 1 atom stereocenters. The van der Waals surface area contributed by atoms with E-state index >= 15 is 0 Å². The van der Waals surface area contributed by atoms with E-state index in [2.05, 4.69) is 62.2 Å². The Balaban J connectivity index is 2.07. The minimum atomic E-state index is 0.498. The Morgan fingerprint density at radius 1 is 1.10 bits per heavy atom. The quantitative estimate of drug-likeness (QED) is 0.854. The molecule has 0 aliphatic carbocycles. The standard InChI is InChI=1S/C18H30N2/c1-14(2)11-20(12-15(3)4)13-18-17-8-6-5-7-16(17)9-10-19-18/h5-8,14-15,18-19H,9-13H2,1-4H3. The molecular weight excluding hydrogens is 244 g/mol. The molecule has 0 fully saturated rings. The van der Waals surface area contributed by atoms with Gasteiger partial charge < -0.3 is 10.2 Å². The van der Waals surface area contributed by atoms with Crippen molar-refractivity contribution in [1.29, 1.82) is 0 Å². The fourth-order valence-corrected chi connectivity index (χ4v) is 3.27. The first-order chi connectivity index (χ1) is 9.56. The molecule has 1 aromatic carbocycles. The summed E-state index contributed by atoms with van der Waals surface area (Å²) in [6.45, 7) is 13.9. The summed E-state index contributed by atoms with van der Waals surface area (Å²) in [5, 5.41) is 3.71. The van der Waals surface area contributed by atoms with Crippen molar-refractivity contribution < 1.29 is 0 Å². The number of nitrogens with one attached hydrogen (secondary N) is 1. The molecule has 1 unspecified atom stereocenters. The average Bonchev–Trinajstić information content (AvgIpc) is 2.37. The average molecular weight is 274 g/mol. The summed E-state index contributed by atoms with van der Waals surface area (Å²) in [5.74, 6) is 1.46. The van der Waals surface area contributed by atoms with Crippen molar-refractivity contribution in [2.24, 2.45) is 11.8 Å². The molecule has 2 rings (SSSR count). The Labute approximate surface area is 124 Å². The van der Waals surface area contributed by atoms with E-state index in [9.17, 15) is 0 Å². The first kappa shape index (κ1) is 15.5. The van der Waals surface area contributed by atoms with E-state index in [1.165, 1.54) is 30.6 Å². The highest BCUT2D eigenvalue weighted by Gasteiger charge is 2.22. The fraction of sp³-hybridized carbons (Fsp3) is 0.667. The van der Waals surface area contributed by atoms with Gasteiger partial charge in [-0.05, 0) is 35.9 Å². The van der Waals surface area contributed by atoms with Crippen molar-refractivity contribution in [2.75, 3.05) is 26.2 Å². The molecule has 1 heterocycles. The van der Waals surface area contributed by atoms with Crippen molar-refractivity contribution >= 4 is 0 Å². The molecule has 0 radical (unpaired) electrons. The molecule has 2 nitrogen and oxygen atoms in total. The summed E-state index contributed by atoms with van der Waals surface area (Å²) in [6.07, 6.45) is 1.17. The lowest BCUT2D eigenvalue weighted by Gasteiger charge is -2.34. The Morgan fingerprint density at radius 2 is 1.75 bits per heavy atom. The Kier molecular flexibility index (Phi) is 5.62. The number of benzene rings is 1. The lowest BCUT2D eigenvalue weighted by atomic mass is 9.93. The molecule has 1 aliphatic heterocycles. The van der Waals surface area contributed by atoms with Crippen LogP contribution < -0.4 is 5.32 Å². The number of hydrogen-bond donors (Lipinski definition) is 1. The highest BCUT2D eigenvalue weighted by atomic mass is 15.2. The predicted octanol–water partition coefficient (Wildman–Crippen LogP) is 3.49. The van der Waals surface area contributed by atoms with Crippen LogP contribution in [0.25, 0.3) is 0 Å². The molecular formula is C18H30N2. The normalized spacial score (nSPS) is 18.9. The van der Waals surface area contributed by atoms with Crippen molar-refractivity contribution in [3.63, 3.8) is 0 Å². The van der Waals surface area contributed by atoms with Gasteiger partial charge in [-0.15, -0.1) is 0 Å². The van der Waals surface area contributed by atoms with Crippen LogP contribution in [0.2, 0.25) is 0 Å². The molecule has 0 amide bonds. The van der Waals surface area contributed by atoms with Gasteiger partial charge in [-0.25, -0.2) is 0 Å². The summed E-state index contributed by atoms with van der Waals surface area (Å²) < 4.78 is 0. The zero-order chi connectivity index (χ0) is 14.5. The van der Waals surface area contributed by atoms with Crippen LogP contribution in [0.3, 0.4) is 0 Å². The zero-order valence-electron chi connectivity index (χ0n) is 13.5. The van der Waals surface area contributed by atoms with Gasteiger partial charge in [0, 0.05) is 25.7 Å². The maximum absolute atomic E-state index is 3.71. The molecule has 1 N–H and O–H groups in total. The highest BCUT2D eigenvalue weighted by Crippen LogP contribution is 2.24. The molecule has 1 aliphatic rings. The zero-order valence-corrected chi connectivity index (χ0v) is 13.5. The molecule has 112 valence electrons. The van der Waals surface area contributed by atoms with Gasteiger partial charge in [-0.1, -0.05) is 52.0 Å². The van der Waals surface area contributed by atoms with Crippen molar-refractivity contribution in [3.05, 3.63) is 35.4 Å². The first-order valence-corrected chi connectivity index (χ1v) is 8.09. The van der Waals surface area contributed by atoms with Gasteiger partial charge in [-0.2, -0.15) is 0 Å². The van der Waals surface area contributed by atoms with Crippen LogP contribution in [0.1, 0.15) is 44.9 Å². The SMILES string of the molecule is CC(C)CN(CC(C)C)CC1NCCc2ccccc21. The summed E-state index contributed by atoms with van der Waals surface area (Å²) >= 11 is 0. The number of rotatable bonds is 6. The maximum atomic E-state index is 3.71. The highest BCUT2D eigenvalue weighted by molar-refractivity contribution is 5.32. The maximum Gasteiger partial charge on any atom is 0.0452 e. The van der Waals surface area contributed by atoms with E-state index in [0.717, 1.165) is 24.9 Å². The second-order valence-corrected chi connectivity index (χ2v) is 6.96. The van der Waals surface area contributed by atoms with E-state index in [1.54, 1.807) is 0 Å². The summed E-state index contributed by atoms with van der Waals surface area (Å²) in [4.78, 5) is 2.63. The topological polar surface area (TPSA) is 15.3 Å². The third-order valence-corrected chi connectivity index (χ3v) is 3.90. The fourth-order valence-electron chi connectivity index (χ4n) is 3.27. The van der Waals surface area contributed by atoms with Crippen LogP contribution >= 0.6 is 0 Å². The van der Waals surface area contributed by atoms with Gasteiger partial charge in [0.05, 0.1) is 0 Å². The third kappa shape index (κ3) is 4.32. The van der Waals surface area contributed by atoms with Gasteiger partial charge >= 0.3 is 0 Å². The van der Waals surface area contributed by atoms with Crippen LogP contribution in [0.5, 0.6) is 0 Å². The first-order valence-electron chi connectivity index (χ1n) is 8.09. The molecule has 0 spiro atoms. The van der Waals surface area contributed by atoms with Crippen LogP contribution in [0.4, 0.5) is 0 Å². The van der Waals surface area contributed by atoms with E-state index < -0.39 is 0 Å². The van der Waals surface area contributed by atoms with Gasteiger partial charge in [0.25, 0.3) is 0 Å². The van der Waals surface area contributed by atoms with E-state index in [1.807, 2.05) is 0 Å². The molecule has 1 aromatic rings. The Morgan fingerprint density at radius 3 is 2.40 bits per heavy atom. The second-order valence-electron chi connectivity index (χ2n) is 6.96. The number of nitrogens with zero attached hydrogens (tertiary/aromatic N) is 1.